The van der Waals surface area contributed by atoms with E-state index in [4.69, 9.17) is 0 Å². The zero-order valence-electron chi connectivity index (χ0n) is 10.4. The predicted octanol–water partition coefficient (Wildman–Crippen LogP) is 4.26. The summed E-state index contributed by atoms with van der Waals surface area (Å²) in [7, 11) is 0. The SMILES string of the molecule is CSc1cccc(NCc2ccc(C)s2)c1C#N. The summed E-state index contributed by atoms with van der Waals surface area (Å²) in [5.74, 6) is 0. The Balaban J connectivity index is 2.17. The molecule has 0 unspecified atom stereocenters. The normalized spacial score (nSPS) is 10.1. The molecule has 2 rings (SSSR count). The van der Waals surface area contributed by atoms with E-state index in [0.29, 0.717) is 0 Å². The summed E-state index contributed by atoms with van der Waals surface area (Å²) in [6, 6.07) is 12.4. The second kappa shape index (κ2) is 5.94. The Morgan fingerprint density at radius 3 is 2.78 bits per heavy atom. The van der Waals surface area contributed by atoms with Gasteiger partial charge in [0.05, 0.1) is 11.3 Å². The third kappa shape index (κ3) is 2.87. The first-order valence-electron chi connectivity index (χ1n) is 5.61. The molecule has 1 aromatic heterocycles. The minimum Gasteiger partial charge on any atom is -0.379 e. The molecule has 92 valence electrons. The maximum Gasteiger partial charge on any atom is 0.102 e. The van der Waals surface area contributed by atoms with Gasteiger partial charge in [-0.3, -0.25) is 0 Å². The van der Waals surface area contributed by atoms with Crippen LogP contribution in [0.1, 0.15) is 15.3 Å². The average Bonchev–Trinajstić information content (AvgIpc) is 2.81. The lowest BCUT2D eigenvalue weighted by atomic mass is 10.2. The van der Waals surface area contributed by atoms with E-state index in [1.165, 1.54) is 9.75 Å². The molecule has 0 fully saturated rings. The van der Waals surface area contributed by atoms with Crippen molar-refractivity contribution >= 4 is 28.8 Å². The Labute approximate surface area is 116 Å². The van der Waals surface area contributed by atoms with E-state index in [9.17, 15) is 5.26 Å². The van der Waals surface area contributed by atoms with Gasteiger partial charge in [0.25, 0.3) is 0 Å². The number of benzene rings is 1. The van der Waals surface area contributed by atoms with Crippen LogP contribution in [-0.2, 0) is 6.54 Å². The number of aryl methyl sites for hydroxylation is 1. The predicted molar refractivity (Wildman–Crippen MR) is 79.3 cm³/mol. The number of rotatable bonds is 4. The Kier molecular flexibility index (Phi) is 4.29. The van der Waals surface area contributed by atoms with E-state index in [1.54, 1.807) is 23.1 Å². The number of nitrogens with one attached hydrogen (secondary N) is 1. The maximum absolute atomic E-state index is 9.23. The highest BCUT2D eigenvalue weighted by atomic mass is 32.2. The van der Waals surface area contributed by atoms with E-state index in [-0.39, 0.29) is 0 Å². The third-order valence-corrected chi connectivity index (χ3v) is 4.39. The van der Waals surface area contributed by atoms with Gasteiger partial charge >= 0.3 is 0 Å². The van der Waals surface area contributed by atoms with Gasteiger partial charge in [-0.05, 0) is 37.4 Å². The Morgan fingerprint density at radius 2 is 2.17 bits per heavy atom. The first-order valence-corrected chi connectivity index (χ1v) is 7.65. The molecule has 0 amide bonds. The van der Waals surface area contributed by atoms with Crippen LogP contribution >= 0.6 is 23.1 Å². The number of thiophene rings is 1. The molecule has 18 heavy (non-hydrogen) atoms. The number of anilines is 1. The zero-order chi connectivity index (χ0) is 13.0. The fourth-order valence-electron chi connectivity index (χ4n) is 1.73. The summed E-state index contributed by atoms with van der Waals surface area (Å²) in [5, 5.41) is 12.6. The Morgan fingerprint density at radius 1 is 1.33 bits per heavy atom. The number of nitrogens with zero attached hydrogens (tertiary/aromatic N) is 1. The van der Waals surface area contributed by atoms with Crippen LogP contribution in [0.5, 0.6) is 0 Å². The summed E-state index contributed by atoms with van der Waals surface area (Å²) in [6.45, 7) is 2.87. The Bertz CT molecular complexity index is 582. The van der Waals surface area contributed by atoms with Crippen molar-refractivity contribution in [1.29, 1.82) is 5.26 Å². The fraction of sp³-hybridized carbons (Fsp3) is 0.214. The fourth-order valence-corrected chi connectivity index (χ4v) is 3.13. The largest absolute Gasteiger partial charge is 0.379 e. The maximum atomic E-state index is 9.23. The molecule has 0 radical (unpaired) electrons. The van der Waals surface area contributed by atoms with Crippen LogP contribution in [0.4, 0.5) is 5.69 Å². The van der Waals surface area contributed by atoms with Gasteiger partial charge in [-0.15, -0.1) is 23.1 Å². The standard InChI is InChI=1S/C14H14N2S2/c1-10-6-7-11(18-10)9-16-13-4-3-5-14(17-2)12(13)8-15/h3-7,16H,9H2,1-2H3. The molecular weight excluding hydrogens is 260 g/mol. The molecule has 0 aliphatic carbocycles. The first kappa shape index (κ1) is 13.0. The summed E-state index contributed by atoms with van der Waals surface area (Å²) in [5.41, 5.74) is 1.65. The molecule has 2 aromatic rings. The topological polar surface area (TPSA) is 35.8 Å². The van der Waals surface area contributed by atoms with Crippen LogP contribution in [0.3, 0.4) is 0 Å². The van der Waals surface area contributed by atoms with E-state index >= 15 is 0 Å². The average molecular weight is 274 g/mol. The third-order valence-electron chi connectivity index (χ3n) is 2.61. The summed E-state index contributed by atoms with van der Waals surface area (Å²) < 4.78 is 0. The molecule has 1 aromatic carbocycles. The molecule has 1 N–H and O–H groups in total. The van der Waals surface area contributed by atoms with Crippen LogP contribution in [0.15, 0.2) is 35.2 Å². The van der Waals surface area contributed by atoms with Crippen molar-refractivity contribution in [2.24, 2.45) is 0 Å². The molecule has 0 bridgehead atoms. The lowest BCUT2D eigenvalue weighted by molar-refractivity contribution is 1.18. The van der Waals surface area contributed by atoms with Crippen LogP contribution in [0.2, 0.25) is 0 Å². The van der Waals surface area contributed by atoms with Crippen molar-refractivity contribution in [3.05, 3.63) is 45.6 Å². The van der Waals surface area contributed by atoms with Gasteiger partial charge < -0.3 is 5.32 Å². The monoisotopic (exact) mass is 274 g/mol. The molecule has 0 aliphatic heterocycles. The highest BCUT2D eigenvalue weighted by Crippen LogP contribution is 2.27. The van der Waals surface area contributed by atoms with Crippen molar-refractivity contribution in [1.82, 2.24) is 0 Å². The molecule has 0 aliphatic rings. The van der Waals surface area contributed by atoms with Gasteiger partial charge in [0.15, 0.2) is 0 Å². The second-order valence-electron chi connectivity index (χ2n) is 3.86. The quantitative estimate of drug-likeness (QED) is 0.846. The lowest BCUT2D eigenvalue weighted by Crippen LogP contribution is -2.00. The van der Waals surface area contributed by atoms with E-state index in [0.717, 1.165) is 22.7 Å². The number of thioether (sulfide) groups is 1. The molecular formula is C14H14N2S2. The minimum absolute atomic E-state index is 0.735. The van der Waals surface area contributed by atoms with E-state index in [1.807, 2.05) is 24.5 Å². The highest BCUT2D eigenvalue weighted by Gasteiger charge is 2.07. The molecule has 0 spiro atoms. The molecule has 0 saturated carbocycles. The van der Waals surface area contributed by atoms with Crippen molar-refractivity contribution in [3.8, 4) is 6.07 Å². The lowest BCUT2D eigenvalue weighted by Gasteiger charge is -2.09. The van der Waals surface area contributed by atoms with Gasteiger partial charge in [0, 0.05) is 21.2 Å². The number of hydrogen-bond donors (Lipinski definition) is 1. The summed E-state index contributed by atoms with van der Waals surface area (Å²) in [6.07, 6.45) is 1.99. The van der Waals surface area contributed by atoms with Gasteiger partial charge in [-0.2, -0.15) is 5.26 Å². The van der Waals surface area contributed by atoms with Crippen LogP contribution in [0, 0.1) is 18.3 Å². The number of hydrogen-bond acceptors (Lipinski definition) is 4. The molecule has 0 saturated heterocycles. The molecule has 1 heterocycles. The summed E-state index contributed by atoms with van der Waals surface area (Å²) >= 11 is 3.38. The van der Waals surface area contributed by atoms with Crippen molar-refractivity contribution in [2.75, 3.05) is 11.6 Å². The zero-order valence-corrected chi connectivity index (χ0v) is 12.0. The first-order chi connectivity index (χ1) is 8.74. The van der Waals surface area contributed by atoms with Crippen molar-refractivity contribution < 1.29 is 0 Å². The molecule has 2 nitrogen and oxygen atoms in total. The van der Waals surface area contributed by atoms with Gasteiger partial charge in [0.2, 0.25) is 0 Å². The van der Waals surface area contributed by atoms with Crippen LogP contribution in [0.25, 0.3) is 0 Å². The van der Waals surface area contributed by atoms with Gasteiger partial charge in [0.1, 0.15) is 6.07 Å². The molecule has 0 atom stereocenters. The Hall–Kier alpha value is -1.44. The number of nitriles is 1. The second-order valence-corrected chi connectivity index (χ2v) is 6.08. The van der Waals surface area contributed by atoms with Gasteiger partial charge in [-0.25, -0.2) is 0 Å². The van der Waals surface area contributed by atoms with Crippen molar-refractivity contribution in [3.63, 3.8) is 0 Å². The van der Waals surface area contributed by atoms with E-state index in [2.05, 4.69) is 30.4 Å². The van der Waals surface area contributed by atoms with Crippen LogP contribution < -0.4 is 5.32 Å². The van der Waals surface area contributed by atoms with E-state index < -0.39 is 0 Å². The molecule has 4 heteroatoms. The summed E-state index contributed by atoms with van der Waals surface area (Å²) in [4.78, 5) is 3.61. The highest BCUT2D eigenvalue weighted by molar-refractivity contribution is 7.98. The minimum atomic E-state index is 0.735. The van der Waals surface area contributed by atoms with Crippen LogP contribution in [-0.4, -0.2) is 6.26 Å². The smallest absolute Gasteiger partial charge is 0.102 e. The van der Waals surface area contributed by atoms with Crippen molar-refractivity contribution in [2.45, 2.75) is 18.4 Å². The van der Waals surface area contributed by atoms with Gasteiger partial charge in [-0.1, -0.05) is 6.07 Å².